The highest BCUT2D eigenvalue weighted by Crippen LogP contribution is 2.26. The molecular weight excluding hydrogens is 192 g/mol. The van der Waals surface area contributed by atoms with E-state index in [1.165, 1.54) is 0 Å². The summed E-state index contributed by atoms with van der Waals surface area (Å²) in [6, 6.07) is 5.58. The van der Waals surface area contributed by atoms with Gasteiger partial charge in [-0.3, -0.25) is 0 Å². The number of benzene rings is 1. The summed E-state index contributed by atoms with van der Waals surface area (Å²) in [7, 11) is 3.23. The van der Waals surface area contributed by atoms with Crippen LogP contribution in [0.1, 0.15) is 12.5 Å². The maximum Gasteiger partial charge on any atom is 0.129 e. The average molecular weight is 208 g/mol. The third kappa shape index (κ3) is 2.99. The van der Waals surface area contributed by atoms with Gasteiger partial charge in [-0.15, -0.1) is 0 Å². The highest BCUT2D eigenvalue weighted by Gasteiger charge is 2.02. The van der Waals surface area contributed by atoms with Crippen molar-refractivity contribution >= 4 is 6.08 Å². The number of aliphatic hydroxyl groups is 1. The molecule has 0 radical (unpaired) electrons. The van der Waals surface area contributed by atoms with Crippen LogP contribution in [0.15, 0.2) is 23.8 Å². The van der Waals surface area contributed by atoms with E-state index in [0.29, 0.717) is 0 Å². The van der Waals surface area contributed by atoms with E-state index in [1.54, 1.807) is 14.2 Å². The van der Waals surface area contributed by atoms with Gasteiger partial charge in [0.05, 0.1) is 20.8 Å². The Bertz CT molecular complexity index is 356. The molecule has 3 heteroatoms. The maximum absolute atomic E-state index is 8.93. The number of hydrogen-bond donors (Lipinski definition) is 1. The van der Waals surface area contributed by atoms with Crippen molar-refractivity contribution < 1.29 is 14.6 Å². The average Bonchev–Trinajstić information content (AvgIpc) is 2.29. The first kappa shape index (κ1) is 11.6. The third-order valence-corrected chi connectivity index (χ3v) is 2.09. The molecule has 0 atom stereocenters. The highest BCUT2D eigenvalue weighted by molar-refractivity contribution is 5.61. The molecule has 0 heterocycles. The molecule has 0 saturated carbocycles. The fraction of sp³-hybridized carbons (Fsp3) is 0.333. The van der Waals surface area contributed by atoms with E-state index in [-0.39, 0.29) is 6.61 Å². The highest BCUT2D eigenvalue weighted by atomic mass is 16.5. The molecule has 1 N–H and O–H groups in total. The summed E-state index contributed by atoms with van der Waals surface area (Å²) in [6.45, 7) is 1.92. The first-order chi connectivity index (χ1) is 7.21. The Morgan fingerprint density at radius 2 is 2.07 bits per heavy atom. The fourth-order valence-electron chi connectivity index (χ4n) is 1.25. The smallest absolute Gasteiger partial charge is 0.129 e. The number of ether oxygens (including phenoxy) is 2. The lowest BCUT2D eigenvalue weighted by molar-refractivity contribution is 0.332. The Morgan fingerprint density at radius 1 is 1.33 bits per heavy atom. The van der Waals surface area contributed by atoms with Gasteiger partial charge in [0.25, 0.3) is 0 Å². The number of rotatable bonds is 4. The second kappa shape index (κ2) is 5.41. The lowest BCUT2D eigenvalue weighted by Crippen LogP contribution is -1.91. The molecule has 0 fully saturated rings. The van der Waals surface area contributed by atoms with E-state index in [1.807, 2.05) is 31.2 Å². The second-order valence-corrected chi connectivity index (χ2v) is 3.26. The molecule has 82 valence electrons. The quantitative estimate of drug-likeness (QED) is 0.823. The molecule has 0 aliphatic heterocycles. The van der Waals surface area contributed by atoms with Crippen LogP contribution in [0.2, 0.25) is 0 Å². The Balaban J connectivity index is 3.08. The SMILES string of the molecule is COc1ccc(C=C(C)CO)c(OC)c1. The molecule has 15 heavy (non-hydrogen) atoms. The van der Waals surface area contributed by atoms with Crippen LogP contribution in [0.4, 0.5) is 0 Å². The van der Waals surface area contributed by atoms with Gasteiger partial charge in [-0.2, -0.15) is 0 Å². The van der Waals surface area contributed by atoms with Crippen LogP contribution in [-0.2, 0) is 0 Å². The lowest BCUT2D eigenvalue weighted by atomic mass is 10.1. The van der Waals surface area contributed by atoms with Crippen molar-refractivity contribution in [2.24, 2.45) is 0 Å². The van der Waals surface area contributed by atoms with E-state index >= 15 is 0 Å². The van der Waals surface area contributed by atoms with Crippen molar-refractivity contribution in [3.05, 3.63) is 29.3 Å². The molecular formula is C12H16O3. The van der Waals surface area contributed by atoms with Gasteiger partial charge in [-0.25, -0.2) is 0 Å². The number of aliphatic hydroxyl groups excluding tert-OH is 1. The van der Waals surface area contributed by atoms with Crippen LogP contribution < -0.4 is 9.47 Å². The van der Waals surface area contributed by atoms with Crippen molar-refractivity contribution in [1.29, 1.82) is 0 Å². The molecule has 0 bridgehead atoms. The third-order valence-electron chi connectivity index (χ3n) is 2.09. The Hall–Kier alpha value is -1.48. The number of hydrogen-bond acceptors (Lipinski definition) is 3. The van der Waals surface area contributed by atoms with Gasteiger partial charge < -0.3 is 14.6 Å². The van der Waals surface area contributed by atoms with Crippen molar-refractivity contribution in [2.45, 2.75) is 6.92 Å². The summed E-state index contributed by atoms with van der Waals surface area (Å²) in [4.78, 5) is 0. The Kier molecular flexibility index (Phi) is 4.18. The largest absolute Gasteiger partial charge is 0.497 e. The number of methoxy groups -OCH3 is 2. The molecule has 0 unspecified atom stereocenters. The van der Waals surface area contributed by atoms with Crippen LogP contribution in [0.5, 0.6) is 11.5 Å². The molecule has 3 nitrogen and oxygen atoms in total. The van der Waals surface area contributed by atoms with Gasteiger partial charge in [0.15, 0.2) is 0 Å². The van der Waals surface area contributed by atoms with Crippen LogP contribution >= 0.6 is 0 Å². The summed E-state index contributed by atoms with van der Waals surface area (Å²) in [5.41, 5.74) is 1.82. The van der Waals surface area contributed by atoms with Crippen LogP contribution in [0.3, 0.4) is 0 Å². The van der Waals surface area contributed by atoms with Gasteiger partial charge in [-0.1, -0.05) is 6.08 Å². The molecule has 0 aliphatic carbocycles. The van der Waals surface area contributed by atoms with Crippen LogP contribution in [-0.4, -0.2) is 25.9 Å². The molecule has 0 aromatic heterocycles. The molecule has 1 rings (SSSR count). The molecule has 0 amide bonds. The Morgan fingerprint density at radius 3 is 2.60 bits per heavy atom. The standard InChI is InChI=1S/C12H16O3/c1-9(8-13)6-10-4-5-11(14-2)7-12(10)15-3/h4-7,13H,8H2,1-3H3. The molecule has 0 aliphatic rings. The predicted octanol–water partition coefficient (Wildman–Crippen LogP) is 2.10. The van der Waals surface area contributed by atoms with Crippen molar-refractivity contribution in [3.63, 3.8) is 0 Å². The van der Waals surface area contributed by atoms with Crippen molar-refractivity contribution in [2.75, 3.05) is 20.8 Å². The van der Waals surface area contributed by atoms with E-state index in [9.17, 15) is 0 Å². The maximum atomic E-state index is 8.93. The summed E-state index contributed by atoms with van der Waals surface area (Å²) >= 11 is 0. The van der Waals surface area contributed by atoms with Crippen molar-refractivity contribution in [3.8, 4) is 11.5 Å². The van der Waals surface area contributed by atoms with Gasteiger partial charge >= 0.3 is 0 Å². The Labute approximate surface area is 90.0 Å². The molecule has 0 saturated heterocycles. The lowest BCUT2D eigenvalue weighted by Gasteiger charge is -2.08. The van der Waals surface area contributed by atoms with E-state index in [2.05, 4.69) is 0 Å². The minimum atomic E-state index is 0.0508. The zero-order chi connectivity index (χ0) is 11.3. The predicted molar refractivity (Wildman–Crippen MR) is 60.3 cm³/mol. The first-order valence-electron chi connectivity index (χ1n) is 4.71. The van der Waals surface area contributed by atoms with E-state index in [4.69, 9.17) is 14.6 Å². The minimum absolute atomic E-state index is 0.0508. The fourth-order valence-corrected chi connectivity index (χ4v) is 1.25. The summed E-state index contributed by atoms with van der Waals surface area (Å²) in [5.74, 6) is 1.49. The first-order valence-corrected chi connectivity index (χ1v) is 4.71. The monoisotopic (exact) mass is 208 g/mol. The normalized spacial score (nSPS) is 11.3. The summed E-state index contributed by atoms with van der Waals surface area (Å²) in [6.07, 6.45) is 1.89. The molecule has 0 spiro atoms. The minimum Gasteiger partial charge on any atom is -0.497 e. The van der Waals surface area contributed by atoms with E-state index < -0.39 is 0 Å². The van der Waals surface area contributed by atoms with E-state index in [0.717, 1.165) is 22.6 Å². The van der Waals surface area contributed by atoms with Gasteiger partial charge in [-0.05, 0) is 24.6 Å². The van der Waals surface area contributed by atoms with Crippen LogP contribution in [0.25, 0.3) is 6.08 Å². The second-order valence-electron chi connectivity index (χ2n) is 3.26. The van der Waals surface area contributed by atoms with Gasteiger partial charge in [0.2, 0.25) is 0 Å². The zero-order valence-corrected chi connectivity index (χ0v) is 9.28. The van der Waals surface area contributed by atoms with Gasteiger partial charge in [0.1, 0.15) is 11.5 Å². The topological polar surface area (TPSA) is 38.7 Å². The molecule has 1 aromatic rings. The van der Waals surface area contributed by atoms with Crippen molar-refractivity contribution in [1.82, 2.24) is 0 Å². The van der Waals surface area contributed by atoms with Crippen LogP contribution in [0, 0.1) is 0 Å². The summed E-state index contributed by atoms with van der Waals surface area (Å²) in [5, 5.41) is 8.93. The molecule has 1 aromatic carbocycles. The van der Waals surface area contributed by atoms with Gasteiger partial charge in [0, 0.05) is 11.6 Å². The summed E-state index contributed by atoms with van der Waals surface area (Å²) < 4.78 is 10.3. The zero-order valence-electron chi connectivity index (χ0n) is 9.28.